The van der Waals surface area contributed by atoms with E-state index in [4.69, 9.17) is 9.02 Å². The molecule has 0 aliphatic carbocycles. The summed E-state index contributed by atoms with van der Waals surface area (Å²) in [7, 11) is -4.06. The fourth-order valence-electron chi connectivity index (χ4n) is 5.01. The van der Waals surface area contributed by atoms with Gasteiger partial charge < -0.3 is 4.18 Å². The number of carbonyl (C=O) groups excluding carboxylic acids is 2. The van der Waals surface area contributed by atoms with Crippen LogP contribution in [-0.4, -0.2) is 31.3 Å². The molecular formula is C29H21N3O8S. The van der Waals surface area contributed by atoms with Gasteiger partial charge in [0.1, 0.15) is 16.6 Å². The Labute approximate surface area is 234 Å². The SMILES string of the molecule is O=C1C2ON(c3ccccc3)C(c3ccc(OS(=O)(=O)c4ccccc4)cc3)C2C(=O)N1c1ccc([N+](=O)[O-])cc1. The summed E-state index contributed by atoms with van der Waals surface area (Å²) in [5, 5.41) is 12.6. The van der Waals surface area contributed by atoms with E-state index in [9.17, 15) is 28.1 Å². The van der Waals surface area contributed by atoms with Crippen molar-refractivity contribution in [2.24, 2.45) is 5.92 Å². The summed E-state index contributed by atoms with van der Waals surface area (Å²) >= 11 is 0. The number of nitrogens with zero attached hydrogens (tertiary/aromatic N) is 3. The van der Waals surface area contributed by atoms with Crippen LogP contribution in [0.1, 0.15) is 11.6 Å². The molecule has 2 heterocycles. The molecule has 4 aromatic rings. The fourth-order valence-corrected chi connectivity index (χ4v) is 5.96. The molecule has 4 aromatic carbocycles. The van der Waals surface area contributed by atoms with Gasteiger partial charge in [0.15, 0.2) is 6.10 Å². The number of hydrogen-bond donors (Lipinski definition) is 0. The molecule has 12 heteroatoms. The number of hydrogen-bond acceptors (Lipinski definition) is 9. The first-order valence-corrected chi connectivity index (χ1v) is 13.9. The van der Waals surface area contributed by atoms with Gasteiger partial charge in [-0.25, -0.2) is 9.96 Å². The second-order valence-corrected chi connectivity index (χ2v) is 10.9. The van der Waals surface area contributed by atoms with E-state index in [0.717, 1.165) is 4.90 Å². The molecule has 41 heavy (non-hydrogen) atoms. The summed E-state index contributed by atoms with van der Waals surface area (Å²) in [6, 6.07) is 27.3. The maximum absolute atomic E-state index is 13.7. The van der Waals surface area contributed by atoms with Gasteiger partial charge in [-0.05, 0) is 54.1 Å². The van der Waals surface area contributed by atoms with Crippen molar-refractivity contribution in [1.82, 2.24) is 0 Å². The first kappa shape index (κ1) is 26.2. The van der Waals surface area contributed by atoms with E-state index in [1.54, 1.807) is 54.6 Å². The van der Waals surface area contributed by atoms with E-state index in [1.165, 1.54) is 53.6 Å². The van der Waals surface area contributed by atoms with Crippen LogP contribution in [0, 0.1) is 16.0 Å². The van der Waals surface area contributed by atoms with Crippen molar-refractivity contribution in [1.29, 1.82) is 0 Å². The highest BCUT2D eigenvalue weighted by molar-refractivity contribution is 7.87. The van der Waals surface area contributed by atoms with Gasteiger partial charge in [-0.1, -0.05) is 48.5 Å². The second kappa shape index (κ2) is 10.2. The predicted molar refractivity (Wildman–Crippen MR) is 146 cm³/mol. The van der Waals surface area contributed by atoms with E-state index in [2.05, 4.69) is 0 Å². The Morgan fingerprint density at radius 3 is 1.98 bits per heavy atom. The molecule has 2 fully saturated rings. The molecule has 6 rings (SSSR count). The molecule has 2 amide bonds. The third kappa shape index (κ3) is 4.68. The van der Waals surface area contributed by atoms with Crippen LogP contribution in [0.4, 0.5) is 17.1 Å². The topological polar surface area (TPSA) is 136 Å². The zero-order chi connectivity index (χ0) is 28.7. The number of rotatable bonds is 7. The van der Waals surface area contributed by atoms with Gasteiger partial charge in [0.05, 0.1) is 22.3 Å². The maximum Gasteiger partial charge on any atom is 0.339 e. The van der Waals surface area contributed by atoms with Crippen molar-refractivity contribution >= 4 is 39.0 Å². The van der Waals surface area contributed by atoms with Gasteiger partial charge in [-0.15, -0.1) is 0 Å². The third-order valence-corrected chi connectivity index (χ3v) is 8.17. The second-order valence-electron chi connectivity index (χ2n) is 9.36. The van der Waals surface area contributed by atoms with Crippen LogP contribution in [0.3, 0.4) is 0 Å². The summed E-state index contributed by atoms with van der Waals surface area (Å²) in [4.78, 5) is 44.8. The van der Waals surface area contributed by atoms with Crippen molar-refractivity contribution in [2.45, 2.75) is 17.0 Å². The number of imide groups is 1. The monoisotopic (exact) mass is 571 g/mol. The molecule has 0 bridgehead atoms. The van der Waals surface area contributed by atoms with Crippen LogP contribution < -0.4 is 14.1 Å². The molecule has 2 aliphatic heterocycles. The third-order valence-electron chi connectivity index (χ3n) is 6.90. The highest BCUT2D eigenvalue weighted by atomic mass is 32.2. The fraction of sp³-hybridized carbons (Fsp3) is 0.103. The number of nitro groups is 1. The van der Waals surface area contributed by atoms with Gasteiger partial charge in [0.25, 0.3) is 11.6 Å². The Morgan fingerprint density at radius 1 is 0.756 bits per heavy atom. The number of fused-ring (bicyclic) bond motifs is 1. The molecule has 3 atom stereocenters. The van der Waals surface area contributed by atoms with Crippen LogP contribution in [0.2, 0.25) is 0 Å². The molecule has 2 saturated heterocycles. The number of amides is 2. The molecule has 3 unspecified atom stereocenters. The highest BCUT2D eigenvalue weighted by Crippen LogP contribution is 2.47. The lowest BCUT2D eigenvalue weighted by molar-refractivity contribution is -0.384. The van der Waals surface area contributed by atoms with Crippen molar-refractivity contribution in [3.63, 3.8) is 0 Å². The molecule has 11 nitrogen and oxygen atoms in total. The van der Waals surface area contributed by atoms with Crippen LogP contribution in [0.15, 0.2) is 114 Å². The zero-order valence-corrected chi connectivity index (χ0v) is 22.0. The number of para-hydroxylation sites is 1. The standard InChI is InChI=1S/C29H21N3O8S/c33-28-25-26(19-11-17-23(18-12-19)40-41(37,38)24-9-5-2-6-10-24)31(21-7-3-1-4-8-21)39-27(25)29(34)30(28)20-13-15-22(16-14-20)32(35)36/h1-18,25-27H. The first-order valence-electron chi connectivity index (χ1n) is 12.5. The van der Waals surface area contributed by atoms with Crippen LogP contribution in [-0.2, 0) is 24.5 Å². The van der Waals surface area contributed by atoms with Crippen molar-refractivity contribution in [2.75, 3.05) is 9.96 Å². The van der Waals surface area contributed by atoms with Gasteiger partial charge in [-0.3, -0.25) is 24.5 Å². The van der Waals surface area contributed by atoms with Crippen LogP contribution >= 0.6 is 0 Å². The Morgan fingerprint density at radius 2 is 1.37 bits per heavy atom. The van der Waals surface area contributed by atoms with Crippen LogP contribution in [0.5, 0.6) is 5.75 Å². The van der Waals surface area contributed by atoms with Gasteiger partial charge in [0.2, 0.25) is 5.91 Å². The minimum atomic E-state index is -4.06. The van der Waals surface area contributed by atoms with Crippen molar-refractivity contribution in [3.05, 3.63) is 125 Å². The van der Waals surface area contributed by atoms with E-state index < -0.39 is 44.9 Å². The average molecular weight is 572 g/mol. The summed E-state index contributed by atoms with van der Waals surface area (Å²) < 4.78 is 30.6. The molecule has 0 aromatic heterocycles. The Balaban J connectivity index is 1.33. The van der Waals surface area contributed by atoms with Gasteiger partial charge in [-0.2, -0.15) is 8.42 Å². The number of benzene rings is 4. The first-order chi connectivity index (χ1) is 19.7. The normalized spacial score (nSPS) is 20.2. The summed E-state index contributed by atoms with van der Waals surface area (Å²) in [6.45, 7) is 0. The summed E-state index contributed by atoms with van der Waals surface area (Å²) in [5.74, 6) is -1.99. The maximum atomic E-state index is 13.7. The van der Waals surface area contributed by atoms with E-state index >= 15 is 0 Å². The molecule has 0 spiro atoms. The average Bonchev–Trinajstić information content (AvgIpc) is 3.49. The summed E-state index contributed by atoms with van der Waals surface area (Å²) in [6.07, 6.45) is -1.14. The number of hydroxylamine groups is 1. The number of carbonyl (C=O) groups is 2. The van der Waals surface area contributed by atoms with Gasteiger partial charge >= 0.3 is 10.1 Å². The Bertz CT molecular complexity index is 1730. The lowest BCUT2D eigenvalue weighted by Gasteiger charge is -2.28. The molecule has 0 N–H and O–H groups in total. The smallest absolute Gasteiger partial charge is 0.339 e. The summed E-state index contributed by atoms with van der Waals surface area (Å²) in [5.41, 5.74) is 1.22. The van der Waals surface area contributed by atoms with E-state index in [1.807, 2.05) is 6.07 Å². The number of anilines is 2. The van der Waals surface area contributed by atoms with Gasteiger partial charge in [0, 0.05) is 12.1 Å². The molecule has 2 aliphatic rings. The molecule has 0 saturated carbocycles. The minimum Gasteiger partial charge on any atom is -0.379 e. The molecule has 0 radical (unpaired) electrons. The lowest BCUT2D eigenvalue weighted by Crippen LogP contribution is -2.37. The van der Waals surface area contributed by atoms with Crippen LogP contribution in [0.25, 0.3) is 0 Å². The number of nitro benzene ring substituents is 1. The minimum absolute atomic E-state index is 0.00719. The number of non-ortho nitro benzene ring substituents is 1. The Hall–Kier alpha value is -5.07. The largest absolute Gasteiger partial charge is 0.379 e. The van der Waals surface area contributed by atoms with E-state index in [-0.39, 0.29) is 22.0 Å². The predicted octanol–water partition coefficient (Wildman–Crippen LogP) is 4.41. The lowest BCUT2D eigenvalue weighted by atomic mass is 9.90. The highest BCUT2D eigenvalue weighted by Gasteiger charge is 2.60. The quantitative estimate of drug-likeness (QED) is 0.137. The molecular weight excluding hydrogens is 550 g/mol. The molecule has 206 valence electrons. The van der Waals surface area contributed by atoms with Crippen molar-refractivity contribution < 1.29 is 32.0 Å². The van der Waals surface area contributed by atoms with Crippen molar-refractivity contribution in [3.8, 4) is 5.75 Å². The Kier molecular flexibility index (Phi) is 6.48. The van der Waals surface area contributed by atoms with E-state index in [0.29, 0.717) is 11.3 Å². The zero-order valence-electron chi connectivity index (χ0n) is 21.1.